The highest BCUT2D eigenvalue weighted by molar-refractivity contribution is 6.06. The quantitative estimate of drug-likeness (QED) is 0.844. The number of halogens is 3. The van der Waals surface area contributed by atoms with E-state index in [-0.39, 0.29) is 24.3 Å². The van der Waals surface area contributed by atoms with Crippen molar-refractivity contribution in [1.82, 2.24) is 0 Å². The van der Waals surface area contributed by atoms with Crippen molar-refractivity contribution in [3.8, 4) is 5.75 Å². The molecule has 2 amide bonds. The highest BCUT2D eigenvalue weighted by Crippen LogP contribution is 2.34. The molecule has 1 saturated heterocycles. The van der Waals surface area contributed by atoms with Gasteiger partial charge < -0.3 is 9.84 Å². The van der Waals surface area contributed by atoms with Crippen LogP contribution in [0.3, 0.4) is 0 Å². The predicted octanol–water partition coefficient (Wildman–Crippen LogP) is 3.26. The van der Waals surface area contributed by atoms with Gasteiger partial charge in [-0.1, -0.05) is 6.07 Å². The van der Waals surface area contributed by atoms with Gasteiger partial charge in [-0.2, -0.15) is 4.39 Å². The summed E-state index contributed by atoms with van der Waals surface area (Å²) in [5, 5.41) is 9.04. The molecule has 1 heterocycles. The number of ether oxygens (including phenoxy) is 1. The number of methoxy groups -OCH3 is 1. The Morgan fingerprint density at radius 2 is 1.81 bits per heavy atom. The van der Waals surface area contributed by atoms with Gasteiger partial charge in [-0.15, -0.1) is 0 Å². The van der Waals surface area contributed by atoms with Crippen molar-refractivity contribution >= 4 is 23.4 Å². The Morgan fingerprint density at radius 3 is 2.46 bits per heavy atom. The minimum absolute atomic E-state index is 0.0264. The van der Waals surface area contributed by atoms with Crippen LogP contribution in [0.2, 0.25) is 0 Å². The second-order valence-electron chi connectivity index (χ2n) is 5.48. The van der Waals surface area contributed by atoms with E-state index in [4.69, 9.17) is 5.11 Å². The van der Waals surface area contributed by atoms with Gasteiger partial charge in [-0.05, 0) is 18.2 Å². The van der Waals surface area contributed by atoms with Crippen LogP contribution < -0.4 is 14.5 Å². The smallest absolute Gasteiger partial charge is 0.335 e. The fraction of sp³-hybridized carbons (Fsp3) is 0.176. The van der Waals surface area contributed by atoms with Crippen LogP contribution in [0.5, 0.6) is 5.75 Å². The highest BCUT2D eigenvalue weighted by Gasteiger charge is 2.34. The van der Waals surface area contributed by atoms with Crippen LogP contribution in [0.1, 0.15) is 10.4 Å². The first kappa shape index (κ1) is 17.6. The van der Waals surface area contributed by atoms with E-state index in [0.717, 1.165) is 12.0 Å². The maximum Gasteiger partial charge on any atom is 0.335 e. The van der Waals surface area contributed by atoms with Gasteiger partial charge in [-0.25, -0.2) is 18.4 Å². The van der Waals surface area contributed by atoms with E-state index in [2.05, 4.69) is 4.74 Å². The lowest BCUT2D eigenvalue weighted by atomic mass is 10.2. The molecule has 1 N–H and O–H groups in total. The van der Waals surface area contributed by atoms with Gasteiger partial charge in [0, 0.05) is 24.8 Å². The van der Waals surface area contributed by atoms with E-state index in [1.54, 1.807) is 0 Å². The van der Waals surface area contributed by atoms with Crippen molar-refractivity contribution in [1.29, 1.82) is 0 Å². The molecule has 3 rings (SSSR count). The molecule has 9 heteroatoms. The van der Waals surface area contributed by atoms with E-state index in [9.17, 15) is 22.8 Å². The van der Waals surface area contributed by atoms with Gasteiger partial charge in [0.2, 0.25) is 5.82 Å². The average molecular weight is 366 g/mol. The molecule has 0 bridgehead atoms. The van der Waals surface area contributed by atoms with Crippen LogP contribution in [0, 0.1) is 17.5 Å². The van der Waals surface area contributed by atoms with E-state index in [1.165, 1.54) is 29.2 Å². The van der Waals surface area contributed by atoms with E-state index in [0.29, 0.717) is 6.07 Å². The number of amides is 2. The molecule has 0 unspecified atom stereocenters. The lowest BCUT2D eigenvalue weighted by Crippen LogP contribution is -2.32. The van der Waals surface area contributed by atoms with Crippen molar-refractivity contribution in [3.05, 3.63) is 53.3 Å². The van der Waals surface area contributed by atoms with E-state index >= 15 is 0 Å². The first-order valence-electron chi connectivity index (χ1n) is 7.49. The first-order chi connectivity index (χ1) is 12.3. The van der Waals surface area contributed by atoms with Gasteiger partial charge in [0.15, 0.2) is 17.4 Å². The minimum Gasteiger partial charge on any atom is -0.491 e. The number of hydrogen-bond acceptors (Lipinski definition) is 3. The summed E-state index contributed by atoms with van der Waals surface area (Å²) < 4.78 is 46.5. The fourth-order valence-electron chi connectivity index (χ4n) is 2.76. The van der Waals surface area contributed by atoms with Gasteiger partial charge in [0.05, 0.1) is 18.4 Å². The number of carboxylic acids is 1. The molecule has 6 nitrogen and oxygen atoms in total. The van der Waals surface area contributed by atoms with E-state index in [1.807, 2.05) is 0 Å². The summed E-state index contributed by atoms with van der Waals surface area (Å²) in [4.78, 5) is 25.7. The van der Waals surface area contributed by atoms with Crippen molar-refractivity contribution in [3.63, 3.8) is 0 Å². The van der Waals surface area contributed by atoms with Crippen molar-refractivity contribution in [2.24, 2.45) is 0 Å². The molecule has 1 aliphatic heterocycles. The molecule has 1 fully saturated rings. The molecule has 0 aromatic heterocycles. The van der Waals surface area contributed by atoms with Crippen LogP contribution in [0.25, 0.3) is 0 Å². The summed E-state index contributed by atoms with van der Waals surface area (Å²) in [5.41, 5.74) is -0.295. The molecule has 26 heavy (non-hydrogen) atoms. The number of carbonyl (C=O) groups excluding carboxylic acids is 1. The number of carboxylic acid groups (broad SMARTS) is 1. The zero-order chi connectivity index (χ0) is 19.0. The first-order valence-corrected chi connectivity index (χ1v) is 7.49. The topological polar surface area (TPSA) is 70.1 Å². The molecule has 136 valence electrons. The normalized spacial score (nSPS) is 14.1. The molecule has 0 radical (unpaired) electrons. The number of rotatable bonds is 4. The minimum atomic E-state index is -1.53. The summed E-state index contributed by atoms with van der Waals surface area (Å²) in [6.45, 7) is 0.0644. The average Bonchev–Trinajstić information content (AvgIpc) is 3.00. The summed E-state index contributed by atoms with van der Waals surface area (Å²) in [7, 11) is 0.999. The second-order valence-corrected chi connectivity index (χ2v) is 5.48. The van der Waals surface area contributed by atoms with Gasteiger partial charge in [-0.3, -0.25) is 9.80 Å². The Balaban J connectivity index is 1.95. The van der Waals surface area contributed by atoms with Crippen molar-refractivity contribution < 1.29 is 32.6 Å². The fourth-order valence-corrected chi connectivity index (χ4v) is 2.76. The summed E-state index contributed by atoms with van der Waals surface area (Å²) >= 11 is 0. The number of aromatic carboxylic acids is 1. The lowest BCUT2D eigenvalue weighted by Gasteiger charge is -2.20. The SMILES string of the molecule is COc1c(F)cc(N2CCN(c3cccc(C(=O)O)c3)C2=O)c(F)c1F. The number of benzene rings is 2. The Kier molecular flexibility index (Phi) is 4.45. The maximum absolute atomic E-state index is 14.2. The summed E-state index contributed by atoms with van der Waals surface area (Å²) in [5.74, 6) is -6.11. The van der Waals surface area contributed by atoms with Gasteiger partial charge in [0.1, 0.15) is 0 Å². The summed E-state index contributed by atoms with van der Waals surface area (Å²) in [6, 6.07) is 5.58. The Bertz CT molecular complexity index is 904. The molecule has 1 aliphatic rings. The third-order valence-corrected chi connectivity index (χ3v) is 4.01. The lowest BCUT2D eigenvalue weighted by molar-refractivity contribution is 0.0697. The Labute approximate surface area is 146 Å². The molecule has 0 atom stereocenters. The van der Waals surface area contributed by atoms with Crippen molar-refractivity contribution in [2.45, 2.75) is 0 Å². The number of anilines is 2. The number of nitrogens with zero attached hydrogens (tertiary/aromatic N) is 2. The molecule has 0 spiro atoms. The van der Waals surface area contributed by atoms with E-state index < -0.39 is 40.9 Å². The second kappa shape index (κ2) is 6.58. The molecule has 2 aromatic rings. The maximum atomic E-state index is 14.2. The highest BCUT2D eigenvalue weighted by atomic mass is 19.2. The van der Waals surface area contributed by atoms with Gasteiger partial charge >= 0.3 is 12.0 Å². The number of hydrogen-bond donors (Lipinski definition) is 1. The van der Waals surface area contributed by atoms with Crippen LogP contribution >= 0.6 is 0 Å². The predicted molar refractivity (Wildman–Crippen MR) is 86.4 cm³/mol. The Hall–Kier alpha value is -3.23. The molecular weight excluding hydrogens is 353 g/mol. The largest absolute Gasteiger partial charge is 0.491 e. The monoisotopic (exact) mass is 366 g/mol. The molecule has 0 aliphatic carbocycles. The number of urea groups is 1. The third-order valence-electron chi connectivity index (χ3n) is 4.01. The van der Waals surface area contributed by atoms with Crippen LogP contribution in [0.4, 0.5) is 29.3 Å². The summed E-state index contributed by atoms with van der Waals surface area (Å²) in [6.07, 6.45) is 0. The van der Waals surface area contributed by atoms with Crippen molar-refractivity contribution in [2.75, 3.05) is 30.0 Å². The number of carbonyl (C=O) groups is 2. The third kappa shape index (κ3) is 2.81. The Morgan fingerprint density at radius 1 is 1.12 bits per heavy atom. The van der Waals surface area contributed by atoms with Crippen LogP contribution in [-0.4, -0.2) is 37.3 Å². The molecular formula is C17H13F3N2O4. The van der Waals surface area contributed by atoms with Crippen LogP contribution in [0.15, 0.2) is 30.3 Å². The molecule has 2 aromatic carbocycles. The van der Waals surface area contributed by atoms with Gasteiger partial charge in [0.25, 0.3) is 0 Å². The zero-order valence-electron chi connectivity index (χ0n) is 13.5. The zero-order valence-corrected chi connectivity index (χ0v) is 13.5. The van der Waals surface area contributed by atoms with Crippen LogP contribution in [-0.2, 0) is 0 Å². The molecule has 0 saturated carbocycles. The standard InChI is InChI=1S/C17H13F3N2O4/c1-26-15-11(18)8-12(13(19)14(15)20)22-6-5-21(17(22)25)10-4-2-3-9(7-10)16(23)24/h2-4,7-8H,5-6H2,1H3,(H,23,24).